The molecule has 0 aliphatic rings. The van der Waals surface area contributed by atoms with Crippen molar-refractivity contribution >= 4 is 33.3 Å². The standard InChI is InChI=1S/C18H19ClN6O5S/c1-10(2)30-14-8-13(19)21-17(22-14)25-9-20-18(23-25)31(27,28)24-15-11(3)6-5-7-12(15)16(26)29-4/h5-10,24H,1-4H3. The van der Waals surface area contributed by atoms with E-state index in [1.165, 1.54) is 19.2 Å². The van der Waals surface area contributed by atoms with Gasteiger partial charge in [0.15, 0.2) is 0 Å². The van der Waals surface area contributed by atoms with E-state index in [0.717, 1.165) is 11.0 Å². The number of hydrogen-bond donors (Lipinski definition) is 1. The van der Waals surface area contributed by atoms with Crippen LogP contribution in [-0.2, 0) is 14.8 Å². The Hall–Kier alpha value is -3.25. The highest BCUT2D eigenvalue weighted by Gasteiger charge is 2.25. The SMILES string of the molecule is COC(=O)c1cccc(C)c1NS(=O)(=O)c1ncn(-c2nc(Cl)cc(OC(C)C)n2)n1. The smallest absolute Gasteiger partial charge is 0.340 e. The number of ether oxygens (including phenoxy) is 2. The summed E-state index contributed by atoms with van der Waals surface area (Å²) in [5.41, 5.74) is 0.635. The van der Waals surface area contributed by atoms with Crippen molar-refractivity contribution in [3.05, 3.63) is 46.9 Å². The number of sulfonamides is 1. The minimum Gasteiger partial charge on any atom is -0.475 e. The number of nitrogens with zero attached hydrogens (tertiary/aromatic N) is 5. The largest absolute Gasteiger partial charge is 0.475 e. The van der Waals surface area contributed by atoms with E-state index in [9.17, 15) is 13.2 Å². The lowest BCUT2D eigenvalue weighted by Gasteiger charge is -2.12. The summed E-state index contributed by atoms with van der Waals surface area (Å²) in [4.78, 5) is 24.0. The van der Waals surface area contributed by atoms with Crippen molar-refractivity contribution in [3.8, 4) is 11.8 Å². The molecule has 0 aliphatic carbocycles. The average molecular weight is 467 g/mol. The van der Waals surface area contributed by atoms with Crippen LogP contribution < -0.4 is 9.46 Å². The number of carbonyl (C=O) groups is 1. The van der Waals surface area contributed by atoms with E-state index in [2.05, 4.69) is 24.8 Å². The zero-order chi connectivity index (χ0) is 22.8. The van der Waals surface area contributed by atoms with Crippen molar-refractivity contribution < 1.29 is 22.7 Å². The van der Waals surface area contributed by atoms with Gasteiger partial charge in [-0.1, -0.05) is 23.7 Å². The summed E-state index contributed by atoms with van der Waals surface area (Å²) in [5, 5.41) is 3.46. The molecule has 1 N–H and O–H groups in total. The molecule has 164 valence electrons. The molecule has 0 unspecified atom stereocenters. The molecule has 0 saturated carbocycles. The third-order valence-electron chi connectivity index (χ3n) is 3.85. The van der Waals surface area contributed by atoms with Gasteiger partial charge < -0.3 is 9.47 Å². The van der Waals surface area contributed by atoms with Crippen LogP contribution in [0.15, 0.2) is 35.7 Å². The number of benzene rings is 1. The van der Waals surface area contributed by atoms with Crippen LogP contribution in [0.5, 0.6) is 5.88 Å². The van der Waals surface area contributed by atoms with Gasteiger partial charge in [-0.15, -0.1) is 5.10 Å². The van der Waals surface area contributed by atoms with E-state index in [1.54, 1.807) is 19.1 Å². The molecule has 11 nitrogen and oxygen atoms in total. The second kappa shape index (κ2) is 8.86. The molecule has 0 saturated heterocycles. The highest BCUT2D eigenvalue weighted by molar-refractivity contribution is 7.92. The maximum absolute atomic E-state index is 12.8. The number of anilines is 1. The molecule has 0 bridgehead atoms. The molecular formula is C18H19ClN6O5S. The van der Waals surface area contributed by atoms with Gasteiger partial charge in [0.25, 0.3) is 21.1 Å². The van der Waals surface area contributed by atoms with Crippen molar-refractivity contribution in [2.45, 2.75) is 32.0 Å². The van der Waals surface area contributed by atoms with Crippen LogP contribution in [0.4, 0.5) is 5.69 Å². The molecule has 2 aromatic heterocycles. The van der Waals surface area contributed by atoms with Gasteiger partial charge in [-0.05, 0) is 32.4 Å². The highest BCUT2D eigenvalue weighted by Crippen LogP contribution is 2.24. The number of hydrogen-bond acceptors (Lipinski definition) is 9. The molecule has 0 amide bonds. The van der Waals surface area contributed by atoms with Crippen LogP contribution in [0.25, 0.3) is 5.95 Å². The number of aromatic nitrogens is 5. The number of aryl methyl sites for hydroxylation is 1. The van der Waals surface area contributed by atoms with E-state index >= 15 is 0 Å². The van der Waals surface area contributed by atoms with Crippen molar-refractivity contribution in [3.63, 3.8) is 0 Å². The molecule has 1 aromatic carbocycles. The number of carbonyl (C=O) groups excluding carboxylic acids is 1. The van der Waals surface area contributed by atoms with E-state index in [-0.39, 0.29) is 34.3 Å². The van der Waals surface area contributed by atoms with E-state index in [4.69, 9.17) is 21.1 Å². The number of rotatable bonds is 7. The molecule has 31 heavy (non-hydrogen) atoms. The van der Waals surface area contributed by atoms with E-state index in [1.807, 2.05) is 13.8 Å². The summed E-state index contributed by atoms with van der Waals surface area (Å²) in [6.45, 7) is 5.28. The first-order chi connectivity index (χ1) is 14.6. The van der Waals surface area contributed by atoms with Gasteiger partial charge >= 0.3 is 5.97 Å². The summed E-state index contributed by atoms with van der Waals surface area (Å²) in [6.07, 6.45) is 0.964. The Morgan fingerprint density at radius 3 is 2.68 bits per heavy atom. The van der Waals surface area contributed by atoms with Crippen LogP contribution in [0.1, 0.15) is 29.8 Å². The summed E-state index contributed by atoms with van der Waals surface area (Å²) < 4.78 is 39.3. The number of halogens is 1. The highest BCUT2D eigenvalue weighted by atomic mass is 35.5. The quantitative estimate of drug-likeness (QED) is 0.410. The number of esters is 1. The molecule has 0 radical (unpaired) electrons. The van der Waals surface area contributed by atoms with Crippen LogP contribution in [0, 0.1) is 6.92 Å². The lowest BCUT2D eigenvalue weighted by atomic mass is 10.1. The summed E-state index contributed by atoms with van der Waals surface area (Å²) >= 11 is 6.00. The Bertz CT molecular complexity index is 1230. The molecule has 2 heterocycles. The number of methoxy groups -OCH3 is 1. The lowest BCUT2D eigenvalue weighted by Crippen LogP contribution is -2.18. The Labute approximate surface area is 183 Å². The maximum atomic E-state index is 12.8. The van der Waals surface area contributed by atoms with Gasteiger partial charge in [0.2, 0.25) is 5.88 Å². The molecule has 13 heteroatoms. The third-order valence-corrected chi connectivity index (χ3v) is 5.18. The number of para-hydroxylation sites is 1. The monoisotopic (exact) mass is 466 g/mol. The van der Waals surface area contributed by atoms with Crippen LogP contribution in [0.3, 0.4) is 0 Å². The second-order valence-corrected chi connectivity index (χ2v) is 8.53. The normalized spacial score (nSPS) is 11.4. The van der Waals surface area contributed by atoms with E-state index in [0.29, 0.717) is 5.56 Å². The van der Waals surface area contributed by atoms with Crippen molar-refractivity contribution in [2.24, 2.45) is 0 Å². The Morgan fingerprint density at radius 2 is 2.00 bits per heavy atom. The fourth-order valence-corrected chi connectivity index (χ4v) is 3.70. The molecule has 0 aliphatic heterocycles. The van der Waals surface area contributed by atoms with Gasteiger partial charge in [0.05, 0.1) is 24.5 Å². The summed E-state index contributed by atoms with van der Waals surface area (Å²) in [6, 6.07) is 6.12. The van der Waals surface area contributed by atoms with Gasteiger partial charge in [-0.3, -0.25) is 4.72 Å². The first-order valence-electron chi connectivity index (χ1n) is 8.94. The van der Waals surface area contributed by atoms with Gasteiger partial charge in [0, 0.05) is 6.07 Å². The fourth-order valence-electron chi connectivity index (χ4n) is 2.52. The van der Waals surface area contributed by atoms with Crippen LogP contribution in [-0.4, -0.2) is 52.3 Å². The zero-order valence-corrected chi connectivity index (χ0v) is 18.6. The van der Waals surface area contributed by atoms with Gasteiger partial charge in [-0.25, -0.2) is 9.78 Å². The van der Waals surface area contributed by atoms with Crippen molar-refractivity contribution in [1.29, 1.82) is 0 Å². The second-order valence-electron chi connectivity index (χ2n) is 6.56. The molecule has 0 atom stereocenters. The van der Waals surface area contributed by atoms with E-state index < -0.39 is 21.1 Å². The molecular weight excluding hydrogens is 448 g/mol. The summed E-state index contributed by atoms with van der Waals surface area (Å²) in [5.74, 6) is -0.515. The topological polar surface area (TPSA) is 138 Å². The average Bonchev–Trinajstić information content (AvgIpc) is 3.19. The maximum Gasteiger partial charge on any atom is 0.340 e. The molecule has 0 fully saturated rings. The third kappa shape index (κ3) is 5.09. The first-order valence-corrected chi connectivity index (χ1v) is 10.8. The molecule has 3 aromatic rings. The minimum absolute atomic E-state index is 0.0248. The van der Waals surface area contributed by atoms with Gasteiger partial charge in [0.1, 0.15) is 11.5 Å². The Kier molecular flexibility index (Phi) is 6.41. The lowest BCUT2D eigenvalue weighted by molar-refractivity contribution is 0.0602. The number of nitrogens with one attached hydrogen (secondary N) is 1. The molecule has 0 spiro atoms. The van der Waals surface area contributed by atoms with Crippen LogP contribution in [0.2, 0.25) is 5.15 Å². The van der Waals surface area contributed by atoms with Gasteiger partial charge in [-0.2, -0.15) is 23.1 Å². The van der Waals surface area contributed by atoms with Crippen LogP contribution >= 0.6 is 11.6 Å². The zero-order valence-electron chi connectivity index (χ0n) is 17.0. The Morgan fingerprint density at radius 1 is 1.26 bits per heavy atom. The first kappa shape index (κ1) is 22.4. The molecule has 3 rings (SSSR count). The fraction of sp³-hybridized carbons (Fsp3) is 0.278. The van der Waals surface area contributed by atoms with Crippen molar-refractivity contribution in [2.75, 3.05) is 11.8 Å². The predicted octanol–water partition coefficient (Wildman–Crippen LogP) is 2.39. The minimum atomic E-state index is -4.25. The Balaban J connectivity index is 1.95. The van der Waals surface area contributed by atoms with Crippen molar-refractivity contribution in [1.82, 2.24) is 24.7 Å². The summed E-state index contributed by atoms with van der Waals surface area (Å²) in [7, 11) is -3.04. The predicted molar refractivity (Wildman–Crippen MR) is 111 cm³/mol.